The fourth-order valence-corrected chi connectivity index (χ4v) is 2.25. The highest BCUT2D eigenvalue weighted by Crippen LogP contribution is 2.40. The third kappa shape index (κ3) is 2.82. The molecule has 1 aromatic rings. The Morgan fingerprint density at radius 1 is 0.941 bits per heavy atom. The average molecular weight is 244 g/mol. The molecule has 1 rings (SSSR count). The first-order valence-electron chi connectivity index (χ1n) is 5.86. The number of alkyl halides is 3. The molecule has 0 bridgehead atoms. The van der Waals surface area contributed by atoms with Crippen molar-refractivity contribution in [2.75, 3.05) is 0 Å². The molecule has 0 fully saturated rings. The van der Waals surface area contributed by atoms with Crippen LogP contribution in [0.3, 0.4) is 0 Å². The van der Waals surface area contributed by atoms with Crippen LogP contribution in [0.5, 0.6) is 0 Å². The molecule has 0 aliphatic heterocycles. The topological polar surface area (TPSA) is 0 Å². The van der Waals surface area contributed by atoms with E-state index in [9.17, 15) is 13.2 Å². The summed E-state index contributed by atoms with van der Waals surface area (Å²) < 4.78 is 39.3. The number of rotatable bonds is 2. The molecule has 0 N–H and O–H groups in total. The van der Waals surface area contributed by atoms with Crippen molar-refractivity contribution < 1.29 is 13.2 Å². The van der Waals surface area contributed by atoms with Crippen LogP contribution in [0, 0.1) is 6.92 Å². The minimum atomic E-state index is -4.27. The van der Waals surface area contributed by atoms with Crippen molar-refractivity contribution in [2.45, 2.75) is 52.6 Å². The Hall–Kier alpha value is -0.990. The highest BCUT2D eigenvalue weighted by atomic mass is 19.4. The Balaban J connectivity index is 3.61. The molecule has 0 saturated carbocycles. The molecule has 0 nitrogen and oxygen atoms in total. The molecular formula is C14H19F3. The summed E-state index contributed by atoms with van der Waals surface area (Å²) in [7, 11) is 0. The molecule has 0 heterocycles. The first-order valence-corrected chi connectivity index (χ1v) is 5.86. The summed E-state index contributed by atoms with van der Waals surface area (Å²) in [4.78, 5) is 0. The smallest absolute Gasteiger partial charge is 0.166 e. The zero-order valence-electron chi connectivity index (χ0n) is 10.9. The van der Waals surface area contributed by atoms with Crippen molar-refractivity contribution >= 4 is 0 Å². The average Bonchev–Trinajstić information content (AvgIpc) is 2.14. The molecule has 0 radical (unpaired) electrons. The first kappa shape index (κ1) is 14.1. The number of benzene rings is 1. The van der Waals surface area contributed by atoms with E-state index in [0.29, 0.717) is 11.1 Å². The Bertz CT molecular complexity index is 401. The molecule has 17 heavy (non-hydrogen) atoms. The van der Waals surface area contributed by atoms with Gasteiger partial charge in [-0.25, -0.2) is 0 Å². The van der Waals surface area contributed by atoms with Crippen LogP contribution in [-0.2, 0) is 6.18 Å². The first-order chi connectivity index (χ1) is 7.66. The maximum absolute atomic E-state index is 13.1. The van der Waals surface area contributed by atoms with Crippen LogP contribution in [0.4, 0.5) is 13.2 Å². The van der Waals surface area contributed by atoms with Gasteiger partial charge < -0.3 is 0 Å². The molecule has 96 valence electrons. The molecule has 0 unspecified atom stereocenters. The highest BCUT2D eigenvalue weighted by Gasteiger charge is 2.36. The van der Waals surface area contributed by atoms with Gasteiger partial charge in [0.05, 0.1) is 5.56 Å². The lowest BCUT2D eigenvalue weighted by Gasteiger charge is -2.23. The maximum atomic E-state index is 13.1. The van der Waals surface area contributed by atoms with E-state index in [1.54, 1.807) is 6.07 Å². The lowest BCUT2D eigenvalue weighted by Crippen LogP contribution is -2.15. The van der Waals surface area contributed by atoms with E-state index < -0.39 is 11.7 Å². The minimum Gasteiger partial charge on any atom is -0.166 e. The van der Waals surface area contributed by atoms with E-state index >= 15 is 0 Å². The van der Waals surface area contributed by atoms with Crippen LogP contribution in [0.2, 0.25) is 0 Å². The molecular weight excluding hydrogens is 225 g/mol. The lowest BCUT2D eigenvalue weighted by molar-refractivity contribution is -0.138. The Kier molecular flexibility index (Phi) is 3.90. The second-order valence-electron chi connectivity index (χ2n) is 5.07. The second-order valence-corrected chi connectivity index (χ2v) is 5.07. The van der Waals surface area contributed by atoms with Crippen molar-refractivity contribution in [2.24, 2.45) is 0 Å². The fraction of sp³-hybridized carbons (Fsp3) is 0.571. The molecule has 0 aliphatic carbocycles. The normalized spacial score (nSPS) is 12.6. The van der Waals surface area contributed by atoms with Crippen LogP contribution in [0.15, 0.2) is 12.1 Å². The summed E-state index contributed by atoms with van der Waals surface area (Å²) in [5.41, 5.74) is 1.12. The SMILES string of the molecule is Cc1ccc(C(C)C)c(C(C)C)c1C(F)(F)F. The molecule has 0 spiro atoms. The second kappa shape index (κ2) is 4.71. The van der Waals surface area contributed by atoms with Crippen molar-refractivity contribution in [1.29, 1.82) is 0 Å². The van der Waals surface area contributed by atoms with Gasteiger partial charge in [0, 0.05) is 0 Å². The number of hydrogen-bond acceptors (Lipinski definition) is 0. The van der Waals surface area contributed by atoms with Crippen LogP contribution < -0.4 is 0 Å². The van der Waals surface area contributed by atoms with Crippen LogP contribution in [-0.4, -0.2) is 0 Å². The zero-order valence-corrected chi connectivity index (χ0v) is 10.9. The van der Waals surface area contributed by atoms with E-state index in [1.807, 2.05) is 33.8 Å². The summed E-state index contributed by atoms with van der Waals surface area (Å²) in [6.07, 6.45) is -4.27. The predicted octanol–water partition coefficient (Wildman–Crippen LogP) is 5.26. The summed E-state index contributed by atoms with van der Waals surface area (Å²) in [5, 5.41) is 0. The number of halogens is 3. The van der Waals surface area contributed by atoms with Crippen LogP contribution in [0.25, 0.3) is 0 Å². The molecule has 0 aromatic heterocycles. The number of hydrogen-bond donors (Lipinski definition) is 0. The third-order valence-electron chi connectivity index (χ3n) is 2.97. The molecule has 0 atom stereocenters. The summed E-state index contributed by atoms with van der Waals surface area (Å²) in [5.74, 6) is -0.0157. The zero-order chi connectivity index (χ0) is 13.4. The van der Waals surface area contributed by atoms with Gasteiger partial charge in [0.1, 0.15) is 0 Å². The van der Waals surface area contributed by atoms with Gasteiger partial charge in [0.2, 0.25) is 0 Å². The standard InChI is InChI=1S/C14H19F3/c1-8(2)11-7-6-10(5)13(14(15,16)17)12(11)9(3)4/h6-9H,1-5H3. The van der Waals surface area contributed by atoms with Crippen molar-refractivity contribution in [3.8, 4) is 0 Å². The van der Waals surface area contributed by atoms with Gasteiger partial charge in [-0.2, -0.15) is 13.2 Å². The lowest BCUT2D eigenvalue weighted by atomic mass is 9.84. The van der Waals surface area contributed by atoms with E-state index in [2.05, 4.69) is 0 Å². The van der Waals surface area contributed by atoms with Gasteiger partial charge >= 0.3 is 6.18 Å². The van der Waals surface area contributed by atoms with Crippen molar-refractivity contribution in [1.82, 2.24) is 0 Å². The third-order valence-corrected chi connectivity index (χ3v) is 2.97. The van der Waals surface area contributed by atoms with Gasteiger partial charge in [-0.1, -0.05) is 39.8 Å². The highest BCUT2D eigenvalue weighted by molar-refractivity contribution is 5.45. The Morgan fingerprint density at radius 3 is 1.82 bits per heavy atom. The molecule has 0 amide bonds. The molecule has 0 saturated heterocycles. The van der Waals surface area contributed by atoms with E-state index in [-0.39, 0.29) is 11.8 Å². The van der Waals surface area contributed by atoms with Crippen LogP contribution >= 0.6 is 0 Å². The van der Waals surface area contributed by atoms with Crippen LogP contribution in [0.1, 0.15) is 61.8 Å². The van der Waals surface area contributed by atoms with Crippen molar-refractivity contribution in [3.63, 3.8) is 0 Å². The predicted molar refractivity (Wildman–Crippen MR) is 64.4 cm³/mol. The van der Waals surface area contributed by atoms with Gasteiger partial charge in [-0.15, -0.1) is 0 Å². The summed E-state index contributed by atoms with van der Waals surface area (Å²) >= 11 is 0. The maximum Gasteiger partial charge on any atom is 0.416 e. The Labute approximate surface area is 101 Å². The summed E-state index contributed by atoms with van der Waals surface area (Å²) in [6, 6.07) is 3.40. The minimum absolute atomic E-state index is 0.106. The van der Waals surface area contributed by atoms with Gasteiger partial charge in [0.25, 0.3) is 0 Å². The van der Waals surface area contributed by atoms with Crippen molar-refractivity contribution in [3.05, 3.63) is 34.4 Å². The van der Waals surface area contributed by atoms with E-state index in [1.165, 1.54) is 6.92 Å². The largest absolute Gasteiger partial charge is 0.416 e. The quantitative estimate of drug-likeness (QED) is 0.665. The Morgan fingerprint density at radius 2 is 1.47 bits per heavy atom. The van der Waals surface area contributed by atoms with Gasteiger partial charge in [-0.3, -0.25) is 0 Å². The summed E-state index contributed by atoms with van der Waals surface area (Å²) in [6.45, 7) is 9.01. The molecule has 3 heteroatoms. The number of aryl methyl sites for hydroxylation is 1. The monoisotopic (exact) mass is 244 g/mol. The van der Waals surface area contributed by atoms with E-state index in [4.69, 9.17) is 0 Å². The van der Waals surface area contributed by atoms with Gasteiger partial charge in [0.15, 0.2) is 0 Å². The van der Waals surface area contributed by atoms with Gasteiger partial charge in [-0.05, 0) is 35.4 Å². The fourth-order valence-electron chi connectivity index (χ4n) is 2.25. The molecule has 1 aromatic carbocycles. The molecule has 0 aliphatic rings. The van der Waals surface area contributed by atoms with E-state index in [0.717, 1.165) is 5.56 Å².